The number of fused-ring (bicyclic) bond motifs is 1. The van der Waals surface area contributed by atoms with E-state index in [1.165, 1.54) is 12.1 Å². The van der Waals surface area contributed by atoms with Crippen LogP contribution in [0.3, 0.4) is 0 Å². The molecule has 1 heterocycles. The van der Waals surface area contributed by atoms with Gasteiger partial charge in [-0.15, -0.1) is 0 Å². The zero-order chi connectivity index (χ0) is 15.0. The summed E-state index contributed by atoms with van der Waals surface area (Å²) in [6, 6.07) is 11.8. The van der Waals surface area contributed by atoms with Crippen molar-refractivity contribution >= 4 is 30.3 Å². The summed E-state index contributed by atoms with van der Waals surface area (Å²) in [4.78, 5) is 23.3. The van der Waals surface area contributed by atoms with E-state index in [1.807, 2.05) is 12.1 Å². The molecule has 0 radical (unpaired) electrons. The Morgan fingerprint density at radius 2 is 1.90 bits per heavy atom. The Hall–Kier alpha value is -2.30. The summed E-state index contributed by atoms with van der Waals surface area (Å²) < 4.78 is 7.82. The number of aromatic carboxylic acids is 1. The number of rotatable bonds is 3. The van der Waals surface area contributed by atoms with Crippen LogP contribution in [-0.2, 0) is 0 Å². The van der Waals surface area contributed by atoms with Crippen molar-refractivity contribution < 1.29 is 14.6 Å². The Kier molecular flexibility index (Phi) is 3.41. The molecule has 2 aromatic carbocycles. The summed E-state index contributed by atoms with van der Waals surface area (Å²) in [6.45, 7) is 0. The first-order chi connectivity index (χ1) is 10.1. The van der Waals surface area contributed by atoms with Gasteiger partial charge in [-0.05, 0) is 0 Å². The van der Waals surface area contributed by atoms with Gasteiger partial charge in [0.2, 0.25) is 0 Å². The fourth-order valence-electron chi connectivity index (χ4n) is 2.04. The van der Waals surface area contributed by atoms with Crippen LogP contribution in [0.4, 0.5) is 0 Å². The van der Waals surface area contributed by atoms with E-state index in [-0.39, 0.29) is 25.9 Å². The summed E-state index contributed by atoms with van der Waals surface area (Å²) in [6.07, 6.45) is 0. The third kappa shape index (κ3) is 2.39. The van der Waals surface area contributed by atoms with Gasteiger partial charge in [-0.3, -0.25) is 0 Å². The molecule has 6 heteroatoms. The average molecular weight is 348 g/mol. The number of aromatic nitrogens is 1. The number of carbonyl (C=O) groups is 1. The maximum atomic E-state index is 12.5. The molecule has 106 valence electrons. The van der Waals surface area contributed by atoms with Gasteiger partial charge in [0, 0.05) is 0 Å². The van der Waals surface area contributed by atoms with Gasteiger partial charge in [0.25, 0.3) is 0 Å². The van der Waals surface area contributed by atoms with Gasteiger partial charge < -0.3 is 0 Å². The molecule has 0 amide bonds. The summed E-state index contributed by atoms with van der Waals surface area (Å²) in [5.74, 6) is -0.325. The normalized spacial score (nSPS) is 10.7. The van der Waals surface area contributed by atoms with E-state index in [1.54, 1.807) is 28.9 Å². The van der Waals surface area contributed by atoms with Crippen molar-refractivity contribution in [1.29, 1.82) is 0 Å². The van der Waals surface area contributed by atoms with Crippen LogP contribution >= 0.6 is 0 Å². The molecule has 0 spiro atoms. The van der Waals surface area contributed by atoms with Crippen molar-refractivity contribution in [3.63, 3.8) is 0 Å². The zero-order valence-electron chi connectivity index (χ0n) is 11.1. The molecule has 0 unspecified atom stereocenters. The number of hydrogen-bond donors (Lipinski definition) is 1. The quantitative estimate of drug-likeness (QED) is 0.733. The summed E-state index contributed by atoms with van der Waals surface area (Å²) in [7, 11) is 1.56. The second kappa shape index (κ2) is 5.24. The second-order valence-electron chi connectivity index (χ2n) is 4.40. The van der Waals surface area contributed by atoms with E-state index in [0.29, 0.717) is 16.8 Å². The number of nitrogens with zero attached hydrogens (tertiary/aromatic N) is 1. The van der Waals surface area contributed by atoms with Crippen molar-refractivity contribution in [3.8, 4) is 11.4 Å². The van der Waals surface area contributed by atoms with Crippen LogP contribution in [0.2, 0.25) is 0 Å². The van der Waals surface area contributed by atoms with Crippen molar-refractivity contribution in [2.75, 3.05) is 7.11 Å². The molecule has 5 nitrogen and oxygen atoms in total. The van der Waals surface area contributed by atoms with Gasteiger partial charge >= 0.3 is 125 Å². The van der Waals surface area contributed by atoms with Crippen LogP contribution in [0, 0.1) is 0 Å². The molecular weight excluding hydrogens is 337 g/mol. The molecule has 21 heavy (non-hydrogen) atoms. The average Bonchev–Trinajstić information content (AvgIpc) is 2.84. The molecule has 3 rings (SSSR count). The molecule has 0 atom stereocenters. The minimum absolute atomic E-state index is 0.0769. The SMILES string of the molecule is COc1ccc2[se]n(-c3ccc(C(=O)O)cc3)c(=O)c2c1. The third-order valence-corrected chi connectivity index (χ3v) is 5.47. The van der Waals surface area contributed by atoms with Gasteiger partial charge in [-0.1, -0.05) is 0 Å². The van der Waals surface area contributed by atoms with E-state index < -0.39 is 5.97 Å². The van der Waals surface area contributed by atoms with Gasteiger partial charge in [-0.25, -0.2) is 0 Å². The van der Waals surface area contributed by atoms with Crippen LogP contribution in [-0.4, -0.2) is 36.5 Å². The van der Waals surface area contributed by atoms with Crippen LogP contribution in [0.5, 0.6) is 5.75 Å². The molecule has 0 bridgehead atoms. The maximum absolute atomic E-state index is 12.5. The topological polar surface area (TPSA) is 68.5 Å². The van der Waals surface area contributed by atoms with E-state index in [4.69, 9.17) is 9.84 Å². The molecule has 0 aliphatic carbocycles. The fourth-order valence-corrected chi connectivity index (χ4v) is 4.09. The number of carboxylic acid groups (broad SMARTS) is 1. The fraction of sp³-hybridized carbons (Fsp3) is 0.0667. The van der Waals surface area contributed by atoms with Gasteiger partial charge in [-0.2, -0.15) is 0 Å². The first-order valence-electron chi connectivity index (χ1n) is 6.14. The number of carboxylic acids is 1. The third-order valence-electron chi connectivity index (χ3n) is 3.14. The monoisotopic (exact) mass is 349 g/mol. The number of benzene rings is 2. The first-order valence-corrected chi connectivity index (χ1v) is 7.76. The molecule has 1 aromatic heterocycles. The van der Waals surface area contributed by atoms with E-state index in [2.05, 4.69) is 0 Å². The van der Waals surface area contributed by atoms with Gasteiger partial charge in [0.1, 0.15) is 0 Å². The van der Waals surface area contributed by atoms with Crippen molar-refractivity contribution in [1.82, 2.24) is 3.56 Å². The Morgan fingerprint density at radius 1 is 1.19 bits per heavy atom. The molecule has 0 fully saturated rings. The Bertz CT molecular complexity index is 877. The van der Waals surface area contributed by atoms with Crippen LogP contribution in [0.25, 0.3) is 15.3 Å². The number of hydrogen-bond acceptors (Lipinski definition) is 3. The van der Waals surface area contributed by atoms with Gasteiger partial charge in [0.15, 0.2) is 0 Å². The Morgan fingerprint density at radius 3 is 2.52 bits per heavy atom. The summed E-state index contributed by atoms with van der Waals surface area (Å²) in [5.41, 5.74) is 0.837. The second-order valence-corrected chi connectivity index (χ2v) is 6.48. The molecular formula is C15H11NO4Se. The Balaban J connectivity index is 2.14. The molecule has 1 N–H and O–H groups in total. The number of ether oxygens (including phenoxy) is 1. The minimum atomic E-state index is -0.979. The summed E-state index contributed by atoms with van der Waals surface area (Å²) >= 11 is -0.149. The predicted octanol–water partition coefficient (Wildman–Crippen LogP) is 1.75. The molecule has 0 saturated carbocycles. The molecule has 0 aliphatic heterocycles. The van der Waals surface area contributed by atoms with Crippen molar-refractivity contribution in [2.45, 2.75) is 0 Å². The standard InChI is InChI=1S/C15H11NO4Se/c1-20-11-6-7-13-12(8-11)14(17)16(21-13)10-4-2-9(3-5-10)15(18)19/h2-8H,1H3,(H,18,19). The zero-order valence-corrected chi connectivity index (χ0v) is 12.8. The van der Waals surface area contributed by atoms with E-state index in [9.17, 15) is 9.59 Å². The predicted molar refractivity (Wildman–Crippen MR) is 80.0 cm³/mol. The summed E-state index contributed by atoms with van der Waals surface area (Å²) in [5, 5.41) is 9.55. The van der Waals surface area contributed by atoms with Crippen molar-refractivity contribution in [2.24, 2.45) is 0 Å². The van der Waals surface area contributed by atoms with Crippen LogP contribution < -0.4 is 10.3 Å². The van der Waals surface area contributed by atoms with E-state index >= 15 is 0 Å². The van der Waals surface area contributed by atoms with E-state index in [0.717, 1.165) is 4.26 Å². The van der Waals surface area contributed by atoms with Gasteiger partial charge in [0.05, 0.1) is 0 Å². The van der Waals surface area contributed by atoms with Crippen LogP contribution in [0.1, 0.15) is 10.4 Å². The number of methoxy groups -OCH3 is 1. The van der Waals surface area contributed by atoms with Crippen LogP contribution in [0.15, 0.2) is 47.3 Å². The molecule has 3 aromatic rings. The first kappa shape index (κ1) is 13.7. The molecule has 0 aliphatic rings. The molecule has 0 saturated heterocycles. The Labute approximate surface area is 126 Å². The van der Waals surface area contributed by atoms with Crippen molar-refractivity contribution in [3.05, 3.63) is 58.4 Å².